The molecule has 0 atom stereocenters. The van der Waals surface area contributed by atoms with E-state index in [4.69, 9.17) is 5.73 Å². The van der Waals surface area contributed by atoms with Crippen molar-refractivity contribution in [1.82, 2.24) is 9.97 Å². The number of carbonyl (C=O) groups excluding carboxylic acids is 1. The molecule has 3 N–H and O–H groups in total. The number of hydrogen-bond acceptors (Lipinski definition) is 4. The van der Waals surface area contributed by atoms with Crippen molar-refractivity contribution in [3.8, 4) is 0 Å². The first-order valence-electron chi connectivity index (χ1n) is 6.32. The number of pyridine rings is 1. The number of benzene rings is 1. The Labute approximate surface area is 124 Å². The van der Waals surface area contributed by atoms with Gasteiger partial charge in [-0.1, -0.05) is 17.8 Å². The summed E-state index contributed by atoms with van der Waals surface area (Å²) in [5, 5.41) is 0. The minimum atomic E-state index is -0.320. The van der Waals surface area contributed by atoms with Crippen LogP contribution in [0.4, 0.5) is 4.39 Å². The number of rotatable bonds is 4. The Morgan fingerprint density at radius 3 is 2.95 bits per heavy atom. The van der Waals surface area contributed by atoms with Crippen LogP contribution in [-0.4, -0.2) is 22.3 Å². The number of carbonyl (C=O) groups is 1. The Kier molecular flexibility index (Phi) is 3.72. The van der Waals surface area contributed by atoms with Crippen LogP contribution in [0.15, 0.2) is 52.4 Å². The number of nitrogens with one attached hydrogen (secondary N) is 1. The Hall–Kier alpha value is -2.18. The fourth-order valence-electron chi connectivity index (χ4n) is 2.04. The molecule has 0 spiro atoms. The van der Waals surface area contributed by atoms with Crippen molar-refractivity contribution >= 4 is 28.6 Å². The molecular weight excluding hydrogens is 289 g/mol. The first kappa shape index (κ1) is 13.8. The number of H-pyrrole nitrogens is 1. The first-order chi connectivity index (χ1) is 10.2. The number of aromatic amines is 1. The standard InChI is InChI=1S/C15H12FN3OS/c16-9-3-1-4-10(7-9)21-15-13-11(5-2-6-18-13)19-14(15)12(20)8-17/h1-7,19H,8,17H2. The number of aromatic nitrogens is 2. The molecule has 0 aliphatic rings. The van der Waals surface area contributed by atoms with Crippen molar-refractivity contribution < 1.29 is 9.18 Å². The van der Waals surface area contributed by atoms with Gasteiger partial charge in [0.05, 0.1) is 17.0 Å². The van der Waals surface area contributed by atoms with Crippen molar-refractivity contribution in [2.75, 3.05) is 6.54 Å². The Bertz CT molecular complexity index is 816. The zero-order chi connectivity index (χ0) is 14.8. The van der Waals surface area contributed by atoms with Gasteiger partial charge in [-0.25, -0.2) is 4.39 Å². The lowest BCUT2D eigenvalue weighted by Crippen LogP contribution is -2.14. The third kappa shape index (κ3) is 2.68. The maximum atomic E-state index is 13.3. The molecule has 0 aliphatic carbocycles. The van der Waals surface area contributed by atoms with Crippen LogP contribution in [0.1, 0.15) is 10.5 Å². The van der Waals surface area contributed by atoms with E-state index in [1.165, 1.54) is 23.9 Å². The fraction of sp³-hybridized carbons (Fsp3) is 0.0667. The number of Topliss-reactive ketones (excluding diaryl/α,β-unsaturated/α-hetero) is 1. The largest absolute Gasteiger partial charge is 0.350 e. The van der Waals surface area contributed by atoms with E-state index in [2.05, 4.69) is 9.97 Å². The van der Waals surface area contributed by atoms with Gasteiger partial charge in [0.1, 0.15) is 17.0 Å². The third-order valence-electron chi connectivity index (χ3n) is 2.99. The van der Waals surface area contributed by atoms with E-state index in [1.54, 1.807) is 24.4 Å². The highest BCUT2D eigenvalue weighted by molar-refractivity contribution is 7.99. The molecule has 1 aromatic carbocycles. The minimum absolute atomic E-state index is 0.0937. The van der Waals surface area contributed by atoms with Gasteiger partial charge in [0.2, 0.25) is 0 Å². The summed E-state index contributed by atoms with van der Waals surface area (Å²) in [7, 11) is 0. The van der Waals surface area contributed by atoms with Crippen LogP contribution >= 0.6 is 11.8 Å². The Balaban J connectivity index is 2.13. The predicted octanol–water partition coefficient (Wildman–Crippen LogP) is 2.99. The number of fused-ring (bicyclic) bond motifs is 1. The predicted molar refractivity (Wildman–Crippen MR) is 80.0 cm³/mol. The molecule has 2 heterocycles. The van der Waals surface area contributed by atoms with E-state index in [-0.39, 0.29) is 18.1 Å². The normalized spacial score (nSPS) is 11.0. The fourth-order valence-corrected chi connectivity index (χ4v) is 3.12. The molecule has 0 saturated carbocycles. The maximum Gasteiger partial charge on any atom is 0.193 e. The number of hydrogen-bond donors (Lipinski definition) is 2. The summed E-state index contributed by atoms with van der Waals surface area (Å²) in [6.07, 6.45) is 1.66. The summed E-state index contributed by atoms with van der Waals surface area (Å²) >= 11 is 1.30. The van der Waals surface area contributed by atoms with Gasteiger partial charge in [0, 0.05) is 11.1 Å². The van der Waals surface area contributed by atoms with Gasteiger partial charge in [0.25, 0.3) is 0 Å². The molecule has 0 aliphatic heterocycles. The molecule has 3 rings (SSSR count). The SMILES string of the molecule is NCC(=O)c1[nH]c2cccnc2c1Sc1cccc(F)c1. The van der Waals surface area contributed by atoms with Gasteiger partial charge in [-0.15, -0.1) is 0 Å². The second-order valence-electron chi connectivity index (χ2n) is 4.42. The number of nitrogens with zero attached hydrogens (tertiary/aromatic N) is 1. The average molecular weight is 301 g/mol. The lowest BCUT2D eigenvalue weighted by Gasteiger charge is -2.03. The van der Waals surface area contributed by atoms with Crippen molar-refractivity contribution in [3.63, 3.8) is 0 Å². The monoisotopic (exact) mass is 301 g/mol. The summed E-state index contributed by atoms with van der Waals surface area (Å²) in [4.78, 5) is 20.7. The van der Waals surface area contributed by atoms with Gasteiger partial charge in [-0.2, -0.15) is 0 Å². The summed E-state index contributed by atoms with van der Waals surface area (Å²) in [5.41, 5.74) is 7.31. The van der Waals surface area contributed by atoms with Crippen LogP contribution < -0.4 is 5.73 Å². The van der Waals surface area contributed by atoms with E-state index >= 15 is 0 Å². The van der Waals surface area contributed by atoms with Gasteiger partial charge in [-0.3, -0.25) is 9.78 Å². The van der Waals surface area contributed by atoms with Gasteiger partial charge >= 0.3 is 0 Å². The number of halogens is 1. The van der Waals surface area contributed by atoms with E-state index in [0.29, 0.717) is 21.0 Å². The molecule has 106 valence electrons. The summed E-state index contributed by atoms with van der Waals surface area (Å²) in [6, 6.07) is 9.83. The van der Waals surface area contributed by atoms with Crippen LogP contribution in [-0.2, 0) is 0 Å². The molecule has 21 heavy (non-hydrogen) atoms. The number of nitrogens with two attached hydrogens (primary N) is 1. The van der Waals surface area contributed by atoms with Crippen molar-refractivity contribution in [2.45, 2.75) is 9.79 Å². The second kappa shape index (κ2) is 5.67. The second-order valence-corrected chi connectivity index (χ2v) is 5.50. The summed E-state index contributed by atoms with van der Waals surface area (Å²) in [6.45, 7) is -0.0937. The van der Waals surface area contributed by atoms with Crippen LogP contribution in [0.25, 0.3) is 11.0 Å². The zero-order valence-electron chi connectivity index (χ0n) is 11.0. The molecule has 4 nitrogen and oxygen atoms in total. The molecule has 6 heteroatoms. The van der Waals surface area contributed by atoms with Crippen molar-refractivity contribution in [3.05, 3.63) is 54.1 Å². The highest BCUT2D eigenvalue weighted by Crippen LogP contribution is 2.35. The van der Waals surface area contributed by atoms with Crippen molar-refractivity contribution in [1.29, 1.82) is 0 Å². The molecule has 0 radical (unpaired) electrons. The average Bonchev–Trinajstić information content (AvgIpc) is 2.85. The first-order valence-corrected chi connectivity index (χ1v) is 7.14. The van der Waals surface area contributed by atoms with E-state index in [9.17, 15) is 9.18 Å². The van der Waals surface area contributed by atoms with E-state index < -0.39 is 0 Å². The minimum Gasteiger partial charge on any atom is -0.350 e. The lowest BCUT2D eigenvalue weighted by atomic mass is 10.3. The van der Waals surface area contributed by atoms with Crippen LogP contribution in [0.2, 0.25) is 0 Å². The van der Waals surface area contributed by atoms with Gasteiger partial charge in [0.15, 0.2) is 5.78 Å². The smallest absolute Gasteiger partial charge is 0.193 e. The Morgan fingerprint density at radius 1 is 1.33 bits per heavy atom. The maximum absolute atomic E-state index is 13.3. The molecule has 0 unspecified atom stereocenters. The molecule has 0 fully saturated rings. The summed E-state index contributed by atoms with van der Waals surface area (Å²) < 4.78 is 13.3. The van der Waals surface area contributed by atoms with E-state index in [1.807, 2.05) is 6.07 Å². The summed E-state index contributed by atoms with van der Waals surface area (Å²) in [5.74, 6) is -0.522. The topological polar surface area (TPSA) is 71.8 Å². The van der Waals surface area contributed by atoms with Gasteiger partial charge in [-0.05, 0) is 30.3 Å². The zero-order valence-corrected chi connectivity index (χ0v) is 11.8. The highest BCUT2D eigenvalue weighted by Gasteiger charge is 2.18. The van der Waals surface area contributed by atoms with Crippen molar-refractivity contribution in [2.24, 2.45) is 5.73 Å². The van der Waals surface area contributed by atoms with E-state index in [0.717, 1.165) is 5.52 Å². The molecular formula is C15H12FN3OS. The number of ketones is 1. The molecule has 3 aromatic rings. The van der Waals surface area contributed by atoms with Gasteiger partial charge < -0.3 is 10.7 Å². The molecule has 0 saturated heterocycles. The van der Waals surface area contributed by atoms with Crippen LogP contribution in [0.3, 0.4) is 0 Å². The van der Waals surface area contributed by atoms with Crippen LogP contribution in [0, 0.1) is 5.82 Å². The lowest BCUT2D eigenvalue weighted by molar-refractivity contribution is 0.0994. The highest BCUT2D eigenvalue weighted by atomic mass is 32.2. The molecule has 0 bridgehead atoms. The molecule has 0 amide bonds. The molecule has 2 aromatic heterocycles. The van der Waals surface area contributed by atoms with Crippen LogP contribution in [0.5, 0.6) is 0 Å². The third-order valence-corrected chi connectivity index (χ3v) is 4.08. The Morgan fingerprint density at radius 2 is 2.19 bits per heavy atom. The quantitative estimate of drug-likeness (QED) is 0.727.